The first-order valence-electron chi connectivity index (χ1n) is 9.91. The Hall–Kier alpha value is -1.26. The van der Waals surface area contributed by atoms with Crippen LogP contribution in [-0.4, -0.2) is 33.5 Å². The van der Waals surface area contributed by atoms with Crippen LogP contribution < -0.4 is 0 Å². The molecule has 142 valence electrons. The Bertz CT molecular complexity index is 736. The number of carbonyl (C=O) groups excluding carboxylic acids is 2. The smallest absolute Gasteiger partial charge is 0.178 e. The summed E-state index contributed by atoms with van der Waals surface area (Å²) in [7, 11) is 0. The summed E-state index contributed by atoms with van der Waals surface area (Å²) < 4.78 is 0. The van der Waals surface area contributed by atoms with E-state index in [-0.39, 0.29) is 40.7 Å². The van der Waals surface area contributed by atoms with E-state index in [9.17, 15) is 19.8 Å². The summed E-state index contributed by atoms with van der Waals surface area (Å²) in [4.78, 5) is 24.2. The lowest BCUT2D eigenvalue weighted by Crippen LogP contribution is -2.61. The average molecular weight is 358 g/mol. The van der Waals surface area contributed by atoms with E-state index >= 15 is 0 Å². The maximum Gasteiger partial charge on any atom is 0.178 e. The fraction of sp³-hybridized carbons (Fsp3) is 0.727. The number of carbonyl (C=O) groups is 2. The molecule has 0 spiro atoms. The largest absolute Gasteiger partial charge is 0.393 e. The van der Waals surface area contributed by atoms with Gasteiger partial charge >= 0.3 is 0 Å². The van der Waals surface area contributed by atoms with Gasteiger partial charge in [-0.25, -0.2) is 0 Å². The predicted molar refractivity (Wildman–Crippen MR) is 98.2 cm³/mol. The molecule has 0 aliphatic heterocycles. The Kier molecular flexibility index (Phi) is 3.75. The zero-order chi connectivity index (χ0) is 19.1. The maximum absolute atomic E-state index is 12.3. The van der Waals surface area contributed by atoms with Crippen molar-refractivity contribution in [3.05, 3.63) is 23.8 Å². The fourth-order valence-corrected chi connectivity index (χ4v) is 7.33. The molecule has 4 aliphatic rings. The molecule has 26 heavy (non-hydrogen) atoms. The van der Waals surface area contributed by atoms with Crippen LogP contribution in [0.2, 0.25) is 0 Å². The van der Waals surface area contributed by atoms with E-state index in [0.717, 1.165) is 18.4 Å². The van der Waals surface area contributed by atoms with Crippen LogP contribution in [0, 0.1) is 34.5 Å². The summed E-state index contributed by atoms with van der Waals surface area (Å²) in [5.74, 6) is 0.609. The van der Waals surface area contributed by atoms with Crippen LogP contribution in [0.3, 0.4) is 0 Å². The molecule has 3 fully saturated rings. The van der Waals surface area contributed by atoms with Crippen molar-refractivity contribution >= 4 is 11.6 Å². The van der Waals surface area contributed by atoms with Crippen molar-refractivity contribution in [2.24, 2.45) is 34.5 Å². The number of rotatable bonds is 1. The van der Waals surface area contributed by atoms with Crippen LogP contribution in [0.1, 0.15) is 53.4 Å². The van der Waals surface area contributed by atoms with Gasteiger partial charge in [-0.05, 0) is 62.5 Å². The molecule has 3 saturated carbocycles. The van der Waals surface area contributed by atoms with Crippen LogP contribution in [0.5, 0.6) is 0 Å². The Morgan fingerprint density at radius 2 is 2.00 bits per heavy atom. The van der Waals surface area contributed by atoms with E-state index in [4.69, 9.17) is 0 Å². The number of allylic oxidation sites excluding steroid dienone is 4. The van der Waals surface area contributed by atoms with E-state index in [1.165, 1.54) is 6.92 Å². The molecule has 0 bridgehead atoms. The zero-order valence-corrected chi connectivity index (χ0v) is 16.2. The molecule has 0 aromatic carbocycles. The first-order valence-corrected chi connectivity index (χ1v) is 9.91. The molecule has 4 aliphatic carbocycles. The highest BCUT2D eigenvalue weighted by atomic mass is 16.3. The zero-order valence-electron chi connectivity index (χ0n) is 16.2. The first-order chi connectivity index (χ1) is 12.0. The van der Waals surface area contributed by atoms with Crippen LogP contribution >= 0.6 is 0 Å². The highest BCUT2D eigenvalue weighted by Gasteiger charge is 2.68. The van der Waals surface area contributed by atoms with Crippen molar-refractivity contribution in [2.75, 3.05) is 0 Å². The average Bonchev–Trinajstić information content (AvgIpc) is 2.81. The van der Waals surface area contributed by atoms with Gasteiger partial charge in [0.25, 0.3) is 0 Å². The van der Waals surface area contributed by atoms with Crippen LogP contribution in [-0.2, 0) is 9.59 Å². The second-order valence-corrected chi connectivity index (χ2v) is 9.70. The van der Waals surface area contributed by atoms with E-state index in [2.05, 4.69) is 13.8 Å². The highest BCUT2D eigenvalue weighted by Crippen LogP contribution is 2.67. The van der Waals surface area contributed by atoms with Gasteiger partial charge in [0.1, 0.15) is 5.60 Å². The van der Waals surface area contributed by atoms with E-state index < -0.39 is 17.1 Å². The first kappa shape index (κ1) is 18.1. The third kappa shape index (κ3) is 2.03. The lowest BCUT2D eigenvalue weighted by molar-refractivity contribution is -0.176. The molecule has 0 aromatic heterocycles. The minimum absolute atomic E-state index is 0.0293. The van der Waals surface area contributed by atoms with E-state index in [1.807, 2.05) is 13.0 Å². The molecule has 8 atom stereocenters. The summed E-state index contributed by atoms with van der Waals surface area (Å²) in [5.41, 5.74) is -1.10. The highest BCUT2D eigenvalue weighted by molar-refractivity contribution is 6.01. The van der Waals surface area contributed by atoms with Gasteiger partial charge < -0.3 is 10.2 Å². The Morgan fingerprint density at radius 1 is 1.31 bits per heavy atom. The molecular formula is C22H30O4. The number of ketones is 2. The summed E-state index contributed by atoms with van der Waals surface area (Å²) >= 11 is 0. The molecule has 4 nitrogen and oxygen atoms in total. The molecule has 0 unspecified atom stereocenters. The van der Waals surface area contributed by atoms with Crippen molar-refractivity contribution < 1.29 is 19.8 Å². The number of Topliss-reactive ketones (excluding diaryl/α,β-unsaturated/α-hetero) is 1. The minimum Gasteiger partial charge on any atom is -0.393 e. The maximum atomic E-state index is 12.3. The van der Waals surface area contributed by atoms with Gasteiger partial charge in [0.15, 0.2) is 11.6 Å². The van der Waals surface area contributed by atoms with Gasteiger partial charge in [-0.2, -0.15) is 0 Å². The number of hydrogen-bond donors (Lipinski definition) is 2. The second kappa shape index (κ2) is 5.39. The van der Waals surface area contributed by atoms with Crippen LogP contribution in [0.4, 0.5) is 0 Å². The molecule has 0 amide bonds. The van der Waals surface area contributed by atoms with Gasteiger partial charge in [0.2, 0.25) is 0 Å². The molecular weight excluding hydrogens is 328 g/mol. The van der Waals surface area contributed by atoms with Crippen LogP contribution in [0.15, 0.2) is 23.8 Å². The predicted octanol–water partition coefficient (Wildman–Crippen LogP) is 2.83. The van der Waals surface area contributed by atoms with Gasteiger partial charge in [-0.1, -0.05) is 32.4 Å². The summed E-state index contributed by atoms with van der Waals surface area (Å²) in [5, 5.41) is 22.4. The Balaban J connectivity index is 1.80. The molecule has 2 N–H and O–H groups in total. The standard InChI is InChI=1S/C22H30O4/c1-12-9-15-16-6-8-22(26,13(2)23)21(16,4)11-18(25)19(15)20(3)7-5-14(24)10-17(12)20/h5,7,10,12,15-16,18-19,25-26H,6,8-9,11H2,1-4H3/t12-,15+,16+,18+,19-,20+,21+,22-/m1/s1. The van der Waals surface area contributed by atoms with Gasteiger partial charge in [0, 0.05) is 16.7 Å². The van der Waals surface area contributed by atoms with E-state index in [1.54, 1.807) is 12.2 Å². The topological polar surface area (TPSA) is 74.6 Å². The quantitative estimate of drug-likeness (QED) is 0.756. The third-order valence-electron chi connectivity index (χ3n) is 8.55. The van der Waals surface area contributed by atoms with Gasteiger partial charge in [0.05, 0.1) is 6.10 Å². The SMILES string of the molecule is CC(=O)[C@]1(O)CC[C@H]2[C@@H]3C[C@@H](C)C4=CC(=O)C=C[C@]4(C)[C@H]3[C@@H](O)C[C@@]21C. The van der Waals surface area contributed by atoms with Crippen LogP contribution in [0.25, 0.3) is 0 Å². The van der Waals surface area contributed by atoms with Crippen molar-refractivity contribution in [2.45, 2.75) is 65.1 Å². The van der Waals surface area contributed by atoms with Gasteiger partial charge in [-0.3, -0.25) is 9.59 Å². The molecule has 4 rings (SSSR count). The van der Waals surface area contributed by atoms with Crippen molar-refractivity contribution in [3.8, 4) is 0 Å². The summed E-state index contributed by atoms with van der Waals surface area (Å²) in [6.07, 6.45) is 7.46. The van der Waals surface area contributed by atoms with Gasteiger partial charge in [-0.15, -0.1) is 0 Å². The molecule has 0 radical (unpaired) electrons. The molecule has 0 heterocycles. The van der Waals surface area contributed by atoms with E-state index in [0.29, 0.717) is 12.8 Å². The summed E-state index contributed by atoms with van der Waals surface area (Å²) in [6, 6.07) is 0. The Labute approximate surface area is 155 Å². The number of aliphatic hydroxyl groups excluding tert-OH is 1. The molecule has 0 saturated heterocycles. The molecule has 4 heteroatoms. The number of aliphatic hydroxyl groups is 2. The van der Waals surface area contributed by atoms with Crippen molar-refractivity contribution in [3.63, 3.8) is 0 Å². The second-order valence-electron chi connectivity index (χ2n) is 9.70. The van der Waals surface area contributed by atoms with Crippen molar-refractivity contribution in [1.29, 1.82) is 0 Å². The number of hydrogen-bond acceptors (Lipinski definition) is 4. The van der Waals surface area contributed by atoms with Crippen molar-refractivity contribution in [1.82, 2.24) is 0 Å². The molecule has 0 aromatic rings. The Morgan fingerprint density at radius 3 is 2.65 bits per heavy atom. The third-order valence-corrected chi connectivity index (χ3v) is 8.55. The minimum atomic E-state index is -1.33. The normalized spacial score (nSPS) is 52.8. The lowest BCUT2D eigenvalue weighted by atomic mass is 9.45. The fourth-order valence-electron chi connectivity index (χ4n) is 7.33. The monoisotopic (exact) mass is 358 g/mol. The number of fused-ring (bicyclic) bond motifs is 5. The lowest BCUT2D eigenvalue weighted by Gasteiger charge is -2.60. The summed E-state index contributed by atoms with van der Waals surface area (Å²) in [6.45, 7) is 7.79.